The summed E-state index contributed by atoms with van der Waals surface area (Å²) in [6.07, 6.45) is 3.59. The van der Waals surface area contributed by atoms with Gasteiger partial charge in [0, 0.05) is 13.2 Å². The topological polar surface area (TPSA) is 43.4 Å². The number of halogens is 1. The molecule has 1 unspecified atom stereocenters. The summed E-state index contributed by atoms with van der Waals surface area (Å²) in [5, 5.41) is -0.749. The van der Waals surface area contributed by atoms with Crippen LogP contribution in [0.5, 0.6) is 0 Å². The van der Waals surface area contributed by atoms with Gasteiger partial charge in [0.1, 0.15) is 0 Å². The molecule has 1 aliphatic heterocycles. The van der Waals surface area contributed by atoms with Crippen LogP contribution in [0.2, 0.25) is 0 Å². The minimum absolute atomic E-state index is 0.0576. The lowest BCUT2D eigenvalue weighted by molar-refractivity contribution is 0.0182. The summed E-state index contributed by atoms with van der Waals surface area (Å²) in [6.45, 7) is 1.39. The van der Waals surface area contributed by atoms with Crippen LogP contribution >= 0.6 is 0 Å². The van der Waals surface area contributed by atoms with Crippen molar-refractivity contribution in [3.63, 3.8) is 0 Å². The smallest absolute Gasteiger partial charge is 0.305 e. The number of hydrogen-bond acceptors (Lipinski definition) is 3. The zero-order valence-electron chi connectivity index (χ0n) is 8.04. The van der Waals surface area contributed by atoms with Crippen molar-refractivity contribution in [2.24, 2.45) is 5.41 Å². The van der Waals surface area contributed by atoms with E-state index in [9.17, 15) is 12.3 Å². The molecular weight excluding hydrogens is 207 g/mol. The van der Waals surface area contributed by atoms with E-state index in [4.69, 9.17) is 4.74 Å². The van der Waals surface area contributed by atoms with E-state index in [2.05, 4.69) is 0 Å². The van der Waals surface area contributed by atoms with Gasteiger partial charge in [-0.05, 0) is 37.5 Å². The van der Waals surface area contributed by atoms with Crippen molar-refractivity contribution in [2.75, 3.05) is 13.2 Å². The fourth-order valence-electron chi connectivity index (χ4n) is 2.65. The first-order valence-corrected chi connectivity index (χ1v) is 6.48. The lowest BCUT2D eigenvalue weighted by atomic mass is 9.79. The first-order chi connectivity index (χ1) is 6.52. The Bertz CT molecular complexity index is 306. The second kappa shape index (κ2) is 3.45. The quantitative estimate of drug-likeness (QED) is 0.633. The third-order valence-electron chi connectivity index (χ3n) is 3.61. The average molecular weight is 222 g/mol. The second-order valence-corrected chi connectivity index (χ2v) is 6.07. The zero-order valence-corrected chi connectivity index (χ0v) is 8.85. The molecule has 14 heavy (non-hydrogen) atoms. The number of rotatable bonds is 1. The summed E-state index contributed by atoms with van der Waals surface area (Å²) in [7, 11) is -4.32. The standard InChI is InChI=1S/C9H15FO3S/c10-14(11,12)8-1-2-9(7-8)3-5-13-6-4-9/h8H,1-7H2. The molecule has 0 aromatic carbocycles. The highest BCUT2D eigenvalue weighted by molar-refractivity contribution is 7.87. The van der Waals surface area contributed by atoms with Crippen molar-refractivity contribution in [3.05, 3.63) is 0 Å². The highest BCUT2D eigenvalue weighted by atomic mass is 32.3. The molecule has 1 aliphatic carbocycles. The Balaban J connectivity index is 2.06. The molecule has 2 rings (SSSR count). The van der Waals surface area contributed by atoms with Gasteiger partial charge in [0.2, 0.25) is 0 Å². The van der Waals surface area contributed by atoms with Gasteiger partial charge in [-0.1, -0.05) is 0 Å². The van der Waals surface area contributed by atoms with Crippen molar-refractivity contribution in [1.29, 1.82) is 0 Å². The average Bonchev–Trinajstić information content (AvgIpc) is 2.50. The molecule has 2 aliphatic rings. The van der Waals surface area contributed by atoms with Crippen LogP contribution in [0, 0.1) is 5.41 Å². The predicted octanol–water partition coefficient (Wildman–Crippen LogP) is 1.64. The van der Waals surface area contributed by atoms with Crippen molar-refractivity contribution < 1.29 is 17.0 Å². The molecule has 0 radical (unpaired) electrons. The van der Waals surface area contributed by atoms with E-state index >= 15 is 0 Å². The minimum atomic E-state index is -4.32. The van der Waals surface area contributed by atoms with Gasteiger partial charge in [0.25, 0.3) is 0 Å². The Morgan fingerprint density at radius 3 is 2.36 bits per heavy atom. The zero-order chi connectivity index (χ0) is 10.2. The number of hydrogen-bond donors (Lipinski definition) is 0. The van der Waals surface area contributed by atoms with Gasteiger partial charge in [-0.2, -0.15) is 8.42 Å². The molecule has 1 spiro atoms. The van der Waals surface area contributed by atoms with E-state index in [1.807, 2.05) is 0 Å². The lowest BCUT2D eigenvalue weighted by Crippen LogP contribution is -2.28. The van der Waals surface area contributed by atoms with Crippen LogP contribution in [0.3, 0.4) is 0 Å². The van der Waals surface area contributed by atoms with Gasteiger partial charge >= 0.3 is 10.2 Å². The summed E-state index contributed by atoms with van der Waals surface area (Å²) in [6, 6.07) is 0. The van der Waals surface area contributed by atoms with Gasteiger partial charge in [-0.3, -0.25) is 0 Å². The molecule has 0 N–H and O–H groups in total. The Morgan fingerprint density at radius 2 is 1.86 bits per heavy atom. The van der Waals surface area contributed by atoms with Gasteiger partial charge in [0.15, 0.2) is 0 Å². The third-order valence-corrected chi connectivity index (χ3v) is 4.81. The van der Waals surface area contributed by atoms with Crippen LogP contribution in [0.15, 0.2) is 0 Å². The Kier molecular flexibility index (Phi) is 2.55. The van der Waals surface area contributed by atoms with E-state index in [0.717, 1.165) is 19.3 Å². The molecule has 0 bridgehead atoms. The molecule has 1 heterocycles. The first-order valence-electron chi connectivity index (χ1n) is 5.03. The van der Waals surface area contributed by atoms with E-state index < -0.39 is 15.5 Å². The van der Waals surface area contributed by atoms with E-state index in [1.165, 1.54) is 0 Å². The van der Waals surface area contributed by atoms with Crippen molar-refractivity contribution in [2.45, 2.75) is 37.4 Å². The fourth-order valence-corrected chi connectivity index (χ4v) is 3.61. The third kappa shape index (κ3) is 1.93. The van der Waals surface area contributed by atoms with Crippen LogP contribution in [0.25, 0.3) is 0 Å². The van der Waals surface area contributed by atoms with Crippen molar-refractivity contribution in [3.8, 4) is 0 Å². The Morgan fingerprint density at radius 1 is 1.21 bits per heavy atom. The molecule has 1 saturated carbocycles. The molecule has 82 valence electrons. The summed E-state index contributed by atoms with van der Waals surface area (Å²) >= 11 is 0. The second-order valence-electron chi connectivity index (χ2n) is 4.45. The molecule has 3 nitrogen and oxygen atoms in total. The first kappa shape index (κ1) is 10.4. The van der Waals surface area contributed by atoms with E-state index in [0.29, 0.717) is 26.1 Å². The molecule has 5 heteroatoms. The molecule has 0 aromatic heterocycles. The van der Waals surface area contributed by atoms with E-state index in [1.54, 1.807) is 0 Å². The summed E-state index contributed by atoms with van der Waals surface area (Å²) in [5.74, 6) is 0. The molecule has 1 saturated heterocycles. The summed E-state index contributed by atoms with van der Waals surface area (Å²) in [4.78, 5) is 0. The van der Waals surface area contributed by atoms with Gasteiger partial charge in [-0.25, -0.2) is 0 Å². The highest BCUT2D eigenvalue weighted by Crippen LogP contribution is 2.47. The van der Waals surface area contributed by atoms with Gasteiger partial charge in [-0.15, -0.1) is 3.89 Å². The van der Waals surface area contributed by atoms with Crippen LogP contribution in [-0.4, -0.2) is 26.9 Å². The maximum atomic E-state index is 12.8. The SMILES string of the molecule is O=S(=O)(F)C1CCC2(CCOCC2)C1. The monoisotopic (exact) mass is 222 g/mol. The Hall–Kier alpha value is -0.160. The molecule has 1 atom stereocenters. The van der Waals surface area contributed by atoms with Crippen LogP contribution in [-0.2, 0) is 15.0 Å². The summed E-state index contributed by atoms with van der Waals surface area (Å²) < 4.78 is 39.5. The van der Waals surface area contributed by atoms with Crippen molar-refractivity contribution in [1.82, 2.24) is 0 Å². The lowest BCUT2D eigenvalue weighted by Gasteiger charge is -2.33. The highest BCUT2D eigenvalue weighted by Gasteiger charge is 2.44. The van der Waals surface area contributed by atoms with Crippen LogP contribution in [0.4, 0.5) is 3.89 Å². The molecular formula is C9H15FO3S. The van der Waals surface area contributed by atoms with Crippen molar-refractivity contribution >= 4 is 10.2 Å². The van der Waals surface area contributed by atoms with E-state index in [-0.39, 0.29) is 5.41 Å². The maximum absolute atomic E-state index is 12.8. The van der Waals surface area contributed by atoms with Gasteiger partial charge in [0.05, 0.1) is 5.25 Å². The fraction of sp³-hybridized carbons (Fsp3) is 1.00. The summed E-state index contributed by atoms with van der Waals surface area (Å²) in [5.41, 5.74) is 0.0576. The predicted molar refractivity (Wildman–Crippen MR) is 50.2 cm³/mol. The van der Waals surface area contributed by atoms with Gasteiger partial charge < -0.3 is 4.74 Å². The largest absolute Gasteiger partial charge is 0.381 e. The van der Waals surface area contributed by atoms with Crippen LogP contribution in [0.1, 0.15) is 32.1 Å². The molecule has 2 fully saturated rings. The molecule has 0 amide bonds. The normalized spacial score (nSPS) is 32.2. The maximum Gasteiger partial charge on any atom is 0.305 e. The number of ether oxygens (including phenoxy) is 1. The minimum Gasteiger partial charge on any atom is -0.381 e. The molecule has 0 aromatic rings. The van der Waals surface area contributed by atoms with Crippen LogP contribution < -0.4 is 0 Å². The Labute approximate surface area is 83.8 Å².